The molecule has 0 fully saturated rings. The fourth-order valence-electron chi connectivity index (χ4n) is 0.826. The third-order valence-corrected chi connectivity index (χ3v) is 1.33. The fourth-order valence-corrected chi connectivity index (χ4v) is 0.826. The van der Waals surface area contributed by atoms with Crippen molar-refractivity contribution >= 4 is 11.8 Å². The van der Waals surface area contributed by atoms with Crippen LogP contribution in [0.1, 0.15) is 5.69 Å². The number of hydrogen-bond donors (Lipinski definition) is 2. The van der Waals surface area contributed by atoms with E-state index in [1.54, 1.807) is 4.98 Å². The predicted octanol–water partition coefficient (Wildman–Crippen LogP) is -0.386. The molecular formula is C6H5N3O4. The Morgan fingerprint density at radius 3 is 2.46 bits per heavy atom. The molecule has 0 atom stereocenters. The maximum Gasteiger partial charge on any atom is 0.357 e. The van der Waals surface area contributed by atoms with E-state index < -0.39 is 21.9 Å². The molecule has 7 nitrogen and oxygen atoms in total. The molecule has 0 amide bonds. The van der Waals surface area contributed by atoms with Crippen LogP contribution < -0.4 is 11.2 Å². The van der Waals surface area contributed by atoms with E-state index in [9.17, 15) is 19.7 Å². The molecule has 0 bridgehead atoms. The molecule has 0 aromatic carbocycles. The predicted molar refractivity (Wildman–Crippen MR) is 44.4 cm³/mol. The first kappa shape index (κ1) is 8.91. The van der Waals surface area contributed by atoms with E-state index >= 15 is 0 Å². The standard InChI is InChI=1S/C6H5N3O4/c1-2-3-4(9(12)13)5(10)8-6(11)7-3/h2H,1H2,(H2,7,8,10,11). The second-order valence-electron chi connectivity index (χ2n) is 2.13. The lowest BCUT2D eigenvalue weighted by Gasteiger charge is -1.93. The van der Waals surface area contributed by atoms with Crippen molar-refractivity contribution in [2.45, 2.75) is 0 Å². The highest BCUT2D eigenvalue weighted by Gasteiger charge is 2.17. The van der Waals surface area contributed by atoms with Crippen LogP contribution in [0.5, 0.6) is 0 Å². The molecule has 0 aliphatic carbocycles. The van der Waals surface area contributed by atoms with Crippen LogP contribution in [-0.2, 0) is 0 Å². The first-order valence-electron chi connectivity index (χ1n) is 3.19. The van der Waals surface area contributed by atoms with Gasteiger partial charge in [-0.25, -0.2) is 4.79 Å². The molecule has 1 aromatic heterocycles. The molecule has 0 saturated heterocycles. The molecule has 0 aliphatic heterocycles. The Kier molecular flexibility index (Phi) is 2.09. The van der Waals surface area contributed by atoms with Gasteiger partial charge in [-0.3, -0.25) is 19.9 Å². The molecule has 68 valence electrons. The minimum Gasteiger partial charge on any atom is -0.301 e. The van der Waals surface area contributed by atoms with Crippen molar-refractivity contribution in [3.8, 4) is 0 Å². The highest BCUT2D eigenvalue weighted by Crippen LogP contribution is 2.07. The Labute approximate surface area is 70.9 Å². The Balaban J connectivity index is 3.67. The smallest absolute Gasteiger partial charge is 0.301 e. The molecule has 13 heavy (non-hydrogen) atoms. The summed E-state index contributed by atoms with van der Waals surface area (Å²) in [7, 11) is 0. The zero-order valence-electron chi connectivity index (χ0n) is 6.36. The molecule has 0 unspecified atom stereocenters. The van der Waals surface area contributed by atoms with Crippen LogP contribution in [0.25, 0.3) is 6.08 Å². The zero-order chi connectivity index (χ0) is 10.0. The van der Waals surface area contributed by atoms with Gasteiger partial charge in [0.25, 0.3) is 0 Å². The van der Waals surface area contributed by atoms with Crippen LogP contribution in [0.15, 0.2) is 16.2 Å². The van der Waals surface area contributed by atoms with Crippen LogP contribution in [0.3, 0.4) is 0 Å². The van der Waals surface area contributed by atoms with E-state index in [-0.39, 0.29) is 5.69 Å². The second kappa shape index (κ2) is 3.05. The van der Waals surface area contributed by atoms with Gasteiger partial charge < -0.3 is 4.98 Å². The minimum atomic E-state index is -1.04. The lowest BCUT2D eigenvalue weighted by molar-refractivity contribution is -0.386. The van der Waals surface area contributed by atoms with Crippen molar-refractivity contribution in [1.82, 2.24) is 9.97 Å². The number of hydrogen-bond acceptors (Lipinski definition) is 4. The average molecular weight is 183 g/mol. The number of nitro groups is 1. The Morgan fingerprint density at radius 2 is 2.00 bits per heavy atom. The van der Waals surface area contributed by atoms with E-state index in [4.69, 9.17) is 0 Å². The summed E-state index contributed by atoms with van der Waals surface area (Å²) in [6.45, 7) is 3.23. The van der Waals surface area contributed by atoms with Crippen molar-refractivity contribution in [3.05, 3.63) is 43.2 Å². The monoisotopic (exact) mass is 183 g/mol. The quantitative estimate of drug-likeness (QED) is 0.480. The van der Waals surface area contributed by atoms with Gasteiger partial charge in [0.2, 0.25) is 0 Å². The molecule has 1 heterocycles. The third-order valence-electron chi connectivity index (χ3n) is 1.33. The average Bonchev–Trinajstić information content (AvgIpc) is 2.01. The Morgan fingerprint density at radius 1 is 1.38 bits per heavy atom. The topological polar surface area (TPSA) is 109 Å². The van der Waals surface area contributed by atoms with Gasteiger partial charge in [0, 0.05) is 0 Å². The summed E-state index contributed by atoms with van der Waals surface area (Å²) in [4.78, 5) is 34.8. The van der Waals surface area contributed by atoms with Crippen molar-refractivity contribution in [3.63, 3.8) is 0 Å². The van der Waals surface area contributed by atoms with Crippen molar-refractivity contribution in [2.24, 2.45) is 0 Å². The van der Waals surface area contributed by atoms with E-state index in [0.29, 0.717) is 0 Å². The molecule has 1 rings (SSSR count). The number of H-pyrrole nitrogens is 2. The lowest BCUT2D eigenvalue weighted by atomic mass is 10.3. The molecule has 2 N–H and O–H groups in total. The number of aromatic nitrogens is 2. The van der Waals surface area contributed by atoms with Gasteiger partial charge in [0.05, 0.1) is 4.92 Å². The molecule has 7 heteroatoms. The number of rotatable bonds is 2. The lowest BCUT2D eigenvalue weighted by Crippen LogP contribution is -2.25. The Hall–Kier alpha value is -2.18. The van der Waals surface area contributed by atoms with Crippen LogP contribution >= 0.6 is 0 Å². The van der Waals surface area contributed by atoms with Gasteiger partial charge in [-0.15, -0.1) is 0 Å². The molecule has 0 saturated carbocycles. The number of aromatic amines is 2. The largest absolute Gasteiger partial charge is 0.357 e. The van der Waals surface area contributed by atoms with Crippen molar-refractivity contribution < 1.29 is 4.92 Å². The van der Waals surface area contributed by atoms with Gasteiger partial charge >= 0.3 is 16.9 Å². The number of nitrogens with one attached hydrogen (secondary N) is 2. The maximum atomic E-state index is 10.9. The van der Waals surface area contributed by atoms with E-state index in [0.717, 1.165) is 6.08 Å². The van der Waals surface area contributed by atoms with Crippen molar-refractivity contribution in [2.75, 3.05) is 0 Å². The summed E-state index contributed by atoms with van der Waals surface area (Å²) in [5, 5.41) is 10.3. The van der Waals surface area contributed by atoms with E-state index in [2.05, 4.69) is 11.6 Å². The van der Waals surface area contributed by atoms with Gasteiger partial charge in [-0.1, -0.05) is 6.58 Å². The van der Waals surface area contributed by atoms with Crippen LogP contribution in [0.2, 0.25) is 0 Å². The van der Waals surface area contributed by atoms with E-state index in [1.807, 2.05) is 0 Å². The SMILES string of the molecule is C=Cc1[nH]c(=O)[nH]c(=O)c1[N+](=O)[O-]. The highest BCUT2D eigenvalue weighted by molar-refractivity contribution is 5.53. The third kappa shape index (κ3) is 1.53. The Bertz CT molecular complexity index is 470. The normalized spacial score (nSPS) is 9.54. The molecular weight excluding hydrogens is 178 g/mol. The summed E-state index contributed by atoms with van der Waals surface area (Å²) >= 11 is 0. The highest BCUT2D eigenvalue weighted by atomic mass is 16.6. The molecule has 1 aromatic rings. The first-order chi connectivity index (χ1) is 6.06. The fraction of sp³-hybridized carbons (Fsp3) is 0. The first-order valence-corrected chi connectivity index (χ1v) is 3.19. The van der Waals surface area contributed by atoms with Crippen LogP contribution in [0, 0.1) is 10.1 Å². The summed E-state index contributed by atoms with van der Waals surface area (Å²) in [6.07, 6.45) is 1.04. The second-order valence-corrected chi connectivity index (χ2v) is 2.13. The summed E-state index contributed by atoms with van der Waals surface area (Å²) in [6, 6.07) is 0. The summed E-state index contributed by atoms with van der Waals surface area (Å²) in [5.74, 6) is 0. The summed E-state index contributed by atoms with van der Waals surface area (Å²) in [5.41, 5.74) is -2.75. The van der Waals surface area contributed by atoms with Gasteiger partial charge in [-0.2, -0.15) is 0 Å². The summed E-state index contributed by atoms with van der Waals surface area (Å²) < 4.78 is 0. The van der Waals surface area contributed by atoms with Crippen LogP contribution in [-0.4, -0.2) is 14.9 Å². The van der Waals surface area contributed by atoms with Gasteiger partial charge in [0.1, 0.15) is 5.69 Å². The number of nitrogens with zero attached hydrogens (tertiary/aromatic N) is 1. The van der Waals surface area contributed by atoms with Gasteiger partial charge in [0.15, 0.2) is 0 Å². The minimum absolute atomic E-state index is 0.196. The van der Waals surface area contributed by atoms with Gasteiger partial charge in [-0.05, 0) is 6.08 Å². The molecule has 0 spiro atoms. The van der Waals surface area contributed by atoms with Crippen LogP contribution in [0.4, 0.5) is 5.69 Å². The zero-order valence-corrected chi connectivity index (χ0v) is 6.36. The van der Waals surface area contributed by atoms with Crippen molar-refractivity contribution in [1.29, 1.82) is 0 Å². The molecule has 0 radical (unpaired) electrons. The molecule has 0 aliphatic rings. The maximum absolute atomic E-state index is 10.9. The van der Waals surface area contributed by atoms with E-state index in [1.165, 1.54) is 0 Å².